The molecule has 3 aromatic carbocycles. The molecule has 0 fully saturated rings. The van der Waals surface area contributed by atoms with Crippen molar-refractivity contribution in [3.63, 3.8) is 0 Å². The molecule has 2 unspecified atom stereocenters. The highest BCUT2D eigenvalue weighted by Crippen LogP contribution is 2.29. The summed E-state index contributed by atoms with van der Waals surface area (Å²) in [5, 5.41) is 18.3. The fourth-order valence-corrected chi connectivity index (χ4v) is 4.05. The van der Waals surface area contributed by atoms with Gasteiger partial charge in [0.1, 0.15) is 0 Å². The maximum Gasteiger partial charge on any atom is 0.255 e. The Balaban J connectivity index is 1.66. The van der Waals surface area contributed by atoms with Gasteiger partial charge in [-0.3, -0.25) is 4.79 Å². The Morgan fingerprint density at radius 1 is 1.03 bits per heavy atom. The zero-order valence-electron chi connectivity index (χ0n) is 17.1. The first kappa shape index (κ1) is 21.1. The van der Waals surface area contributed by atoms with Crippen LogP contribution < -0.4 is 10.6 Å². The molecule has 6 heteroatoms. The number of amides is 1. The minimum atomic E-state index is -0.617. The lowest BCUT2D eigenvalue weighted by molar-refractivity contribution is 0.102. The van der Waals surface area contributed by atoms with E-state index < -0.39 is 6.10 Å². The molecule has 3 N–H and O–H groups in total. The van der Waals surface area contributed by atoms with Crippen molar-refractivity contribution in [2.24, 2.45) is 0 Å². The molecular formula is C25H24ClN3O2. The van der Waals surface area contributed by atoms with E-state index in [0.717, 1.165) is 16.5 Å². The van der Waals surface area contributed by atoms with E-state index in [1.165, 1.54) is 0 Å². The molecule has 0 spiro atoms. The highest BCUT2D eigenvalue weighted by Gasteiger charge is 2.23. The molecule has 1 amide bonds. The van der Waals surface area contributed by atoms with E-state index in [1.807, 2.05) is 61.8 Å². The molecule has 4 rings (SSSR count). The lowest BCUT2D eigenvalue weighted by Gasteiger charge is -2.26. The van der Waals surface area contributed by atoms with E-state index in [2.05, 4.69) is 15.2 Å². The quantitative estimate of drug-likeness (QED) is 0.395. The number of nitrogens with one attached hydrogen (secondary N) is 2. The minimum Gasteiger partial charge on any atom is -0.389 e. The number of benzene rings is 3. The topological polar surface area (TPSA) is 66.3 Å². The van der Waals surface area contributed by atoms with Gasteiger partial charge in [0.15, 0.2) is 0 Å². The standard InChI is InChI=1S/C25H24ClN3O2/c1-27-16-23(30)24(17-6-3-2-4-7-17)29-13-12-18-14-19(10-11-22(18)29)25(31)28-21-9-5-8-20(26)15-21/h2-15,23-24,27,30H,16H2,1H3,(H,28,31). The number of hydrogen-bond acceptors (Lipinski definition) is 3. The van der Waals surface area contributed by atoms with E-state index in [4.69, 9.17) is 11.6 Å². The third-order valence-electron chi connectivity index (χ3n) is 5.28. The first-order valence-corrected chi connectivity index (χ1v) is 10.5. The van der Waals surface area contributed by atoms with Crippen molar-refractivity contribution in [1.29, 1.82) is 0 Å². The largest absolute Gasteiger partial charge is 0.389 e. The number of rotatable bonds is 7. The van der Waals surface area contributed by atoms with Crippen molar-refractivity contribution in [2.45, 2.75) is 12.1 Å². The van der Waals surface area contributed by atoms with E-state index >= 15 is 0 Å². The molecule has 0 aliphatic heterocycles. The van der Waals surface area contributed by atoms with Crippen molar-refractivity contribution in [3.05, 3.63) is 101 Å². The zero-order valence-corrected chi connectivity index (χ0v) is 17.9. The molecule has 0 bridgehead atoms. The van der Waals surface area contributed by atoms with Gasteiger partial charge in [0.2, 0.25) is 0 Å². The van der Waals surface area contributed by atoms with Gasteiger partial charge < -0.3 is 20.3 Å². The molecule has 0 aliphatic rings. The second kappa shape index (κ2) is 9.35. The summed E-state index contributed by atoms with van der Waals surface area (Å²) >= 11 is 6.00. The summed E-state index contributed by atoms with van der Waals surface area (Å²) in [5.74, 6) is -0.202. The first-order valence-electron chi connectivity index (χ1n) is 10.1. The van der Waals surface area contributed by atoms with Crippen molar-refractivity contribution < 1.29 is 9.90 Å². The number of hydrogen-bond donors (Lipinski definition) is 3. The van der Waals surface area contributed by atoms with Crippen LogP contribution in [0.3, 0.4) is 0 Å². The van der Waals surface area contributed by atoms with Crippen LogP contribution in [0.25, 0.3) is 10.9 Å². The van der Waals surface area contributed by atoms with Gasteiger partial charge in [-0.15, -0.1) is 0 Å². The number of nitrogens with zero attached hydrogens (tertiary/aromatic N) is 1. The van der Waals surface area contributed by atoms with Crippen LogP contribution in [0, 0.1) is 0 Å². The van der Waals surface area contributed by atoms with Crippen LogP contribution >= 0.6 is 11.6 Å². The Labute approximate surface area is 186 Å². The van der Waals surface area contributed by atoms with E-state index in [0.29, 0.717) is 22.8 Å². The molecule has 31 heavy (non-hydrogen) atoms. The summed E-state index contributed by atoms with van der Waals surface area (Å²) in [6.45, 7) is 0.458. The monoisotopic (exact) mass is 433 g/mol. The Hall–Kier alpha value is -3.12. The predicted molar refractivity (Wildman–Crippen MR) is 126 cm³/mol. The molecule has 0 saturated heterocycles. The molecule has 1 aromatic heterocycles. The summed E-state index contributed by atoms with van der Waals surface area (Å²) in [5.41, 5.74) is 3.17. The molecule has 5 nitrogen and oxygen atoms in total. The Bertz CT molecular complexity index is 1190. The van der Waals surface area contributed by atoms with Gasteiger partial charge in [-0.2, -0.15) is 0 Å². The van der Waals surface area contributed by atoms with Gasteiger partial charge in [0, 0.05) is 39.9 Å². The van der Waals surface area contributed by atoms with Crippen molar-refractivity contribution in [1.82, 2.24) is 9.88 Å². The van der Waals surface area contributed by atoms with Gasteiger partial charge in [-0.05, 0) is 55.1 Å². The molecule has 0 aliphatic carbocycles. The molecule has 0 saturated carbocycles. The number of aromatic nitrogens is 1. The Kier molecular flexibility index (Phi) is 6.37. The summed E-state index contributed by atoms with van der Waals surface area (Å²) < 4.78 is 2.06. The van der Waals surface area contributed by atoms with E-state index in [9.17, 15) is 9.90 Å². The fraction of sp³-hybridized carbons (Fsp3) is 0.160. The number of fused-ring (bicyclic) bond motifs is 1. The van der Waals surface area contributed by atoms with Gasteiger partial charge in [0.25, 0.3) is 5.91 Å². The SMILES string of the molecule is CNCC(O)C(c1ccccc1)n1ccc2cc(C(=O)Nc3cccc(Cl)c3)ccc21. The lowest BCUT2D eigenvalue weighted by atomic mass is 10.0. The normalized spacial score (nSPS) is 13.1. The number of aliphatic hydroxyl groups excluding tert-OH is 1. The molecule has 2 atom stereocenters. The van der Waals surface area contributed by atoms with Crippen LogP contribution in [-0.2, 0) is 0 Å². The highest BCUT2D eigenvalue weighted by atomic mass is 35.5. The maximum absolute atomic E-state index is 12.7. The van der Waals surface area contributed by atoms with Crippen molar-refractivity contribution in [3.8, 4) is 0 Å². The van der Waals surface area contributed by atoms with Crippen LogP contribution in [0.15, 0.2) is 85.1 Å². The Morgan fingerprint density at radius 3 is 2.58 bits per heavy atom. The smallest absolute Gasteiger partial charge is 0.255 e. The van der Waals surface area contributed by atoms with Gasteiger partial charge in [0.05, 0.1) is 12.1 Å². The summed E-state index contributed by atoms with van der Waals surface area (Å²) in [6, 6.07) is 24.3. The molecule has 158 valence electrons. The average molecular weight is 434 g/mol. The van der Waals surface area contributed by atoms with Crippen LogP contribution in [0.2, 0.25) is 5.02 Å². The van der Waals surface area contributed by atoms with Gasteiger partial charge in [-0.1, -0.05) is 48.0 Å². The van der Waals surface area contributed by atoms with Crippen LogP contribution in [-0.4, -0.2) is 35.3 Å². The highest BCUT2D eigenvalue weighted by molar-refractivity contribution is 6.31. The third-order valence-corrected chi connectivity index (χ3v) is 5.52. The third kappa shape index (κ3) is 4.64. The maximum atomic E-state index is 12.7. The predicted octanol–water partition coefficient (Wildman–Crippen LogP) is 4.72. The van der Waals surface area contributed by atoms with E-state index in [1.54, 1.807) is 30.3 Å². The van der Waals surface area contributed by atoms with Crippen molar-refractivity contribution >= 4 is 34.1 Å². The molecular weight excluding hydrogens is 410 g/mol. The van der Waals surface area contributed by atoms with Crippen LogP contribution in [0.4, 0.5) is 5.69 Å². The minimum absolute atomic E-state index is 0.202. The summed E-state index contributed by atoms with van der Waals surface area (Å²) in [7, 11) is 1.82. The fourth-order valence-electron chi connectivity index (χ4n) is 3.86. The average Bonchev–Trinajstić information content (AvgIpc) is 3.18. The number of halogens is 1. The molecule has 1 heterocycles. The second-order valence-corrected chi connectivity index (χ2v) is 7.88. The van der Waals surface area contributed by atoms with Crippen LogP contribution in [0.1, 0.15) is 22.0 Å². The van der Waals surface area contributed by atoms with Crippen molar-refractivity contribution in [2.75, 3.05) is 18.9 Å². The number of likely N-dealkylation sites (N-methyl/N-ethyl adjacent to an activating group) is 1. The van der Waals surface area contributed by atoms with Crippen LogP contribution in [0.5, 0.6) is 0 Å². The zero-order chi connectivity index (χ0) is 21.8. The van der Waals surface area contributed by atoms with Gasteiger partial charge >= 0.3 is 0 Å². The molecule has 0 radical (unpaired) electrons. The number of carbonyl (C=O) groups is 1. The number of aliphatic hydroxyl groups is 1. The molecule has 4 aromatic rings. The van der Waals surface area contributed by atoms with Gasteiger partial charge in [-0.25, -0.2) is 0 Å². The lowest BCUT2D eigenvalue weighted by Crippen LogP contribution is -2.33. The number of carbonyl (C=O) groups excluding carboxylic acids is 1. The summed E-state index contributed by atoms with van der Waals surface area (Å²) in [4.78, 5) is 12.7. The second-order valence-electron chi connectivity index (χ2n) is 7.44. The number of anilines is 1. The summed E-state index contributed by atoms with van der Waals surface area (Å²) in [6.07, 6.45) is 1.34. The first-order chi connectivity index (χ1) is 15.1. The van der Waals surface area contributed by atoms with E-state index in [-0.39, 0.29) is 11.9 Å². The Morgan fingerprint density at radius 2 is 1.84 bits per heavy atom.